The lowest BCUT2D eigenvalue weighted by Gasteiger charge is -2.05. The molecule has 0 atom stereocenters. The standard InChI is InChI=1S/C21H17N3O2/c25-21(20-11-6-12-26-20)23-22-13-17-15-24(14-16-7-2-1-3-8-16)19-10-5-4-9-18(17)19/h1-13,15H,14H2,(H,23,25). The number of aromatic nitrogens is 1. The number of hydrogen-bond acceptors (Lipinski definition) is 3. The summed E-state index contributed by atoms with van der Waals surface area (Å²) in [6.45, 7) is 0.772. The lowest BCUT2D eigenvalue weighted by atomic mass is 10.2. The van der Waals surface area contributed by atoms with Gasteiger partial charge in [-0.2, -0.15) is 5.10 Å². The van der Waals surface area contributed by atoms with Crippen LogP contribution < -0.4 is 5.43 Å². The van der Waals surface area contributed by atoms with Crippen molar-refractivity contribution in [1.82, 2.24) is 9.99 Å². The predicted octanol–water partition coefficient (Wildman–Crippen LogP) is 4.05. The van der Waals surface area contributed by atoms with Gasteiger partial charge in [0.15, 0.2) is 5.76 Å². The van der Waals surface area contributed by atoms with E-state index in [4.69, 9.17) is 4.42 Å². The van der Waals surface area contributed by atoms with E-state index in [9.17, 15) is 4.79 Å². The van der Waals surface area contributed by atoms with Gasteiger partial charge < -0.3 is 8.98 Å². The van der Waals surface area contributed by atoms with Crippen LogP contribution in [0.3, 0.4) is 0 Å². The van der Waals surface area contributed by atoms with E-state index in [1.807, 2.05) is 42.6 Å². The van der Waals surface area contributed by atoms with E-state index in [2.05, 4.69) is 33.3 Å². The van der Waals surface area contributed by atoms with Gasteiger partial charge in [-0.3, -0.25) is 4.79 Å². The molecule has 0 saturated carbocycles. The summed E-state index contributed by atoms with van der Waals surface area (Å²) < 4.78 is 7.23. The third kappa shape index (κ3) is 3.28. The summed E-state index contributed by atoms with van der Waals surface area (Å²) in [5, 5.41) is 5.15. The number of para-hydroxylation sites is 1. The highest BCUT2D eigenvalue weighted by molar-refractivity contribution is 6.00. The molecule has 2 heterocycles. The summed E-state index contributed by atoms with van der Waals surface area (Å²) in [5.41, 5.74) is 5.77. The lowest BCUT2D eigenvalue weighted by Crippen LogP contribution is -2.16. The molecule has 0 aliphatic rings. The first-order chi connectivity index (χ1) is 12.8. The molecule has 4 rings (SSSR count). The van der Waals surface area contributed by atoms with Crippen LogP contribution in [0.25, 0.3) is 10.9 Å². The molecule has 2 aromatic heterocycles. The summed E-state index contributed by atoms with van der Waals surface area (Å²) in [5.74, 6) is -0.145. The van der Waals surface area contributed by atoms with Gasteiger partial charge in [0.2, 0.25) is 0 Å². The smallest absolute Gasteiger partial charge is 0.307 e. The van der Waals surface area contributed by atoms with E-state index in [1.165, 1.54) is 11.8 Å². The normalized spacial score (nSPS) is 11.2. The summed E-state index contributed by atoms with van der Waals surface area (Å²) in [4.78, 5) is 11.9. The first-order valence-corrected chi connectivity index (χ1v) is 8.30. The Morgan fingerprint density at radius 2 is 1.85 bits per heavy atom. The van der Waals surface area contributed by atoms with Gasteiger partial charge >= 0.3 is 5.91 Å². The Labute approximate surface area is 150 Å². The number of carbonyl (C=O) groups excluding carboxylic acids is 1. The number of nitrogens with zero attached hydrogens (tertiary/aromatic N) is 2. The van der Waals surface area contributed by atoms with Crippen molar-refractivity contribution in [3.63, 3.8) is 0 Å². The van der Waals surface area contributed by atoms with Gasteiger partial charge in [-0.05, 0) is 23.8 Å². The maximum atomic E-state index is 11.9. The van der Waals surface area contributed by atoms with Gasteiger partial charge in [0.25, 0.3) is 0 Å². The number of rotatable bonds is 5. The van der Waals surface area contributed by atoms with Gasteiger partial charge in [-0.1, -0.05) is 48.5 Å². The van der Waals surface area contributed by atoms with Crippen LogP contribution in [0.15, 0.2) is 88.7 Å². The monoisotopic (exact) mass is 343 g/mol. The summed E-state index contributed by atoms with van der Waals surface area (Å²) >= 11 is 0. The van der Waals surface area contributed by atoms with E-state index >= 15 is 0 Å². The number of hydrazone groups is 1. The fourth-order valence-corrected chi connectivity index (χ4v) is 2.91. The van der Waals surface area contributed by atoms with Gasteiger partial charge in [-0.25, -0.2) is 5.43 Å². The average Bonchev–Trinajstić information content (AvgIpc) is 3.32. The highest BCUT2D eigenvalue weighted by Crippen LogP contribution is 2.21. The third-order valence-corrected chi connectivity index (χ3v) is 4.13. The van der Waals surface area contributed by atoms with Crippen LogP contribution in [-0.2, 0) is 6.54 Å². The van der Waals surface area contributed by atoms with E-state index in [0.717, 1.165) is 23.0 Å². The Morgan fingerprint density at radius 1 is 1.04 bits per heavy atom. The maximum absolute atomic E-state index is 11.9. The van der Waals surface area contributed by atoms with Crippen LogP contribution >= 0.6 is 0 Å². The SMILES string of the molecule is O=C(NN=Cc1cn(Cc2ccccc2)c2ccccc12)c1ccco1. The van der Waals surface area contributed by atoms with Gasteiger partial charge in [0.05, 0.1) is 12.5 Å². The second kappa shape index (κ2) is 7.11. The molecule has 0 fully saturated rings. The van der Waals surface area contributed by atoms with Crippen LogP contribution in [-0.4, -0.2) is 16.7 Å². The first-order valence-electron chi connectivity index (χ1n) is 8.30. The van der Waals surface area contributed by atoms with Crippen molar-refractivity contribution in [2.45, 2.75) is 6.54 Å². The molecule has 26 heavy (non-hydrogen) atoms. The number of carbonyl (C=O) groups is 1. The van der Waals surface area contributed by atoms with E-state index in [-0.39, 0.29) is 11.7 Å². The Morgan fingerprint density at radius 3 is 2.65 bits per heavy atom. The van der Waals surface area contributed by atoms with Crippen LogP contribution in [0.1, 0.15) is 21.7 Å². The van der Waals surface area contributed by atoms with Gasteiger partial charge in [0.1, 0.15) is 0 Å². The van der Waals surface area contributed by atoms with E-state index in [0.29, 0.717) is 0 Å². The molecule has 0 aliphatic carbocycles. The molecular weight excluding hydrogens is 326 g/mol. The molecule has 5 heteroatoms. The molecule has 5 nitrogen and oxygen atoms in total. The molecular formula is C21H17N3O2. The van der Waals surface area contributed by atoms with Gasteiger partial charge in [0, 0.05) is 29.2 Å². The molecule has 0 radical (unpaired) electrons. The second-order valence-electron chi connectivity index (χ2n) is 5.89. The number of nitrogens with one attached hydrogen (secondary N) is 1. The minimum Gasteiger partial charge on any atom is -0.459 e. The number of furan rings is 1. The molecule has 1 N–H and O–H groups in total. The predicted molar refractivity (Wildman–Crippen MR) is 101 cm³/mol. The van der Waals surface area contributed by atoms with Crippen molar-refractivity contribution in [1.29, 1.82) is 0 Å². The van der Waals surface area contributed by atoms with Crippen LogP contribution in [0.4, 0.5) is 0 Å². The van der Waals surface area contributed by atoms with Gasteiger partial charge in [-0.15, -0.1) is 0 Å². The van der Waals surface area contributed by atoms with Crippen LogP contribution in [0.2, 0.25) is 0 Å². The van der Waals surface area contributed by atoms with Crippen molar-refractivity contribution in [3.05, 3.63) is 96.1 Å². The summed E-state index contributed by atoms with van der Waals surface area (Å²) in [6, 6.07) is 21.7. The molecule has 2 aromatic carbocycles. The van der Waals surface area contributed by atoms with Crippen molar-refractivity contribution in [2.24, 2.45) is 5.10 Å². The van der Waals surface area contributed by atoms with Crippen LogP contribution in [0.5, 0.6) is 0 Å². The van der Waals surface area contributed by atoms with Crippen molar-refractivity contribution >= 4 is 23.0 Å². The Hall–Kier alpha value is -3.60. The first kappa shape index (κ1) is 15.9. The maximum Gasteiger partial charge on any atom is 0.307 e. The molecule has 0 aliphatic heterocycles. The molecule has 0 spiro atoms. The molecule has 0 saturated heterocycles. The highest BCUT2D eigenvalue weighted by Gasteiger charge is 2.08. The zero-order valence-corrected chi connectivity index (χ0v) is 14.0. The fourth-order valence-electron chi connectivity index (χ4n) is 2.91. The van der Waals surface area contributed by atoms with Crippen molar-refractivity contribution in [2.75, 3.05) is 0 Å². The third-order valence-electron chi connectivity index (χ3n) is 4.13. The second-order valence-corrected chi connectivity index (χ2v) is 5.89. The molecule has 0 bridgehead atoms. The zero-order chi connectivity index (χ0) is 17.8. The van der Waals surface area contributed by atoms with Crippen LogP contribution in [0, 0.1) is 0 Å². The Balaban J connectivity index is 1.59. The molecule has 1 amide bonds. The van der Waals surface area contributed by atoms with E-state index in [1.54, 1.807) is 18.3 Å². The summed E-state index contributed by atoms with van der Waals surface area (Å²) in [6.07, 6.45) is 5.15. The number of amides is 1. The lowest BCUT2D eigenvalue weighted by molar-refractivity contribution is 0.0927. The van der Waals surface area contributed by atoms with E-state index < -0.39 is 0 Å². The zero-order valence-electron chi connectivity index (χ0n) is 14.0. The Kier molecular flexibility index (Phi) is 4.35. The topological polar surface area (TPSA) is 59.5 Å². The van der Waals surface area contributed by atoms with Crippen molar-refractivity contribution < 1.29 is 9.21 Å². The number of fused-ring (bicyclic) bond motifs is 1. The summed E-state index contributed by atoms with van der Waals surface area (Å²) in [7, 11) is 0. The molecule has 4 aromatic rings. The quantitative estimate of drug-likeness (QED) is 0.439. The largest absolute Gasteiger partial charge is 0.459 e. The molecule has 128 valence electrons. The fraction of sp³-hybridized carbons (Fsp3) is 0.0476. The Bertz CT molecular complexity index is 1050. The number of benzene rings is 2. The van der Waals surface area contributed by atoms with Crippen molar-refractivity contribution in [3.8, 4) is 0 Å². The minimum atomic E-state index is -0.376. The minimum absolute atomic E-state index is 0.230. The average molecular weight is 343 g/mol. The highest BCUT2D eigenvalue weighted by atomic mass is 16.3. The molecule has 0 unspecified atom stereocenters. The number of hydrogen-bond donors (Lipinski definition) is 1.